The van der Waals surface area contributed by atoms with E-state index in [2.05, 4.69) is 16.0 Å². The molecule has 7 heteroatoms. The van der Waals surface area contributed by atoms with Crippen LogP contribution in [0.4, 0.5) is 4.39 Å². The Balaban J connectivity index is 1.81. The molecule has 3 N–H and O–H groups in total. The van der Waals surface area contributed by atoms with Gasteiger partial charge in [-0.3, -0.25) is 9.59 Å². The third-order valence-corrected chi connectivity index (χ3v) is 3.95. The van der Waals surface area contributed by atoms with Gasteiger partial charge in [0.15, 0.2) is 0 Å². The second kappa shape index (κ2) is 7.56. The van der Waals surface area contributed by atoms with Crippen LogP contribution < -0.4 is 16.0 Å². The molecule has 120 valence electrons. The summed E-state index contributed by atoms with van der Waals surface area (Å²) in [7, 11) is 0. The van der Waals surface area contributed by atoms with Gasteiger partial charge in [0.2, 0.25) is 11.8 Å². The van der Waals surface area contributed by atoms with Gasteiger partial charge in [-0.15, -0.1) is 0 Å². The molecule has 1 aliphatic rings. The van der Waals surface area contributed by atoms with Crippen molar-refractivity contribution in [2.24, 2.45) is 5.92 Å². The number of carbonyl (C=O) groups is 2. The Bertz CT molecular complexity index is 568. The van der Waals surface area contributed by atoms with E-state index in [0.29, 0.717) is 25.1 Å². The molecule has 0 aliphatic carbocycles. The average molecular weight is 328 g/mol. The topological polar surface area (TPSA) is 70.2 Å². The van der Waals surface area contributed by atoms with Gasteiger partial charge in [0.1, 0.15) is 5.82 Å². The molecule has 0 bridgehead atoms. The highest BCUT2D eigenvalue weighted by atomic mass is 35.5. The molecule has 0 spiro atoms. The van der Waals surface area contributed by atoms with Crippen LogP contribution >= 0.6 is 11.6 Å². The molecule has 0 aromatic heterocycles. The summed E-state index contributed by atoms with van der Waals surface area (Å²) in [6.45, 7) is 2.78. The van der Waals surface area contributed by atoms with Gasteiger partial charge in [-0.1, -0.05) is 23.7 Å². The Hall–Kier alpha value is -1.66. The van der Waals surface area contributed by atoms with Crippen LogP contribution in [0.5, 0.6) is 0 Å². The summed E-state index contributed by atoms with van der Waals surface area (Å²) in [6, 6.07) is 4.38. The largest absolute Gasteiger partial charge is 0.356 e. The number of rotatable bonds is 5. The zero-order valence-corrected chi connectivity index (χ0v) is 13.0. The van der Waals surface area contributed by atoms with Crippen molar-refractivity contribution >= 4 is 23.4 Å². The first-order valence-electron chi connectivity index (χ1n) is 7.15. The molecule has 1 aromatic rings. The van der Waals surface area contributed by atoms with Gasteiger partial charge in [-0.2, -0.15) is 0 Å². The highest BCUT2D eigenvalue weighted by molar-refractivity contribution is 6.30. The molecule has 1 aromatic carbocycles. The molecule has 22 heavy (non-hydrogen) atoms. The fourth-order valence-corrected chi connectivity index (χ4v) is 2.64. The quantitative estimate of drug-likeness (QED) is 0.761. The summed E-state index contributed by atoms with van der Waals surface area (Å²) in [4.78, 5) is 23.0. The van der Waals surface area contributed by atoms with E-state index >= 15 is 0 Å². The fraction of sp³-hybridized carbons (Fsp3) is 0.467. The van der Waals surface area contributed by atoms with E-state index in [1.165, 1.54) is 13.0 Å². The Morgan fingerprint density at radius 3 is 2.91 bits per heavy atom. The Kier molecular flexibility index (Phi) is 5.74. The van der Waals surface area contributed by atoms with E-state index in [-0.39, 0.29) is 35.3 Å². The lowest BCUT2D eigenvalue weighted by Crippen LogP contribution is -2.40. The maximum absolute atomic E-state index is 13.7. The van der Waals surface area contributed by atoms with Crippen LogP contribution in [0, 0.1) is 11.7 Å². The van der Waals surface area contributed by atoms with Gasteiger partial charge in [0.25, 0.3) is 0 Å². The van der Waals surface area contributed by atoms with Crippen molar-refractivity contribution in [3.05, 3.63) is 34.6 Å². The molecule has 1 heterocycles. The lowest BCUT2D eigenvalue weighted by Gasteiger charge is -2.12. The van der Waals surface area contributed by atoms with E-state index in [9.17, 15) is 14.0 Å². The molecule has 1 fully saturated rings. The lowest BCUT2D eigenvalue weighted by atomic mass is 10.1. The van der Waals surface area contributed by atoms with Gasteiger partial charge in [-0.25, -0.2) is 4.39 Å². The smallest absolute Gasteiger partial charge is 0.237 e. The molecule has 1 saturated heterocycles. The minimum atomic E-state index is -0.507. The maximum Gasteiger partial charge on any atom is 0.237 e. The third kappa shape index (κ3) is 4.42. The minimum absolute atomic E-state index is 0.0427. The lowest BCUT2D eigenvalue weighted by molar-refractivity contribution is -0.123. The highest BCUT2D eigenvalue weighted by Crippen LogP contribution is 2.18. The van der Waals surface area contributed by atoms with E-state index in [0.717, 1.165) is 0 Å². The molecular weight excluding hydrogens is 309 g/mol. The van der Waals surface area contributed by atoms with Crippen molar-refractivity contribution in [1.29, 1.82) is 0 Å². The predicted molar refractivity (Wildman–Crippen MR) is 81.8 cm³/mol. The van der Waals surface area contributed by atoms with Crippen LogP contribution in [0.25, 0.3) is 0 Å². The first-order valence-corrected chi connectivity index (χ1v) is 7.53. The molecule has 5 nitrogen and oxygen atoms in total. The zero-order valence-electron chi connectivity index (χ0n) is 12.3. The van der Waals surface area contributed by atoms with Crippen LogP contribution in [0.2, 0.25) is 5.02 Å². The normalized spacial score (nSPS) is 20.7. The van der Waals surface area contributed by atoms with Crippen molar-refractivity contribution in [2.75, 3.05) is 13.1 Å². The van der Waals surface area contributed by atoms with E-state index in [1.807, 2.05) is 0 Å². The number of nitrogens with one attached hydrogen (secondary N) is 3. The maximum atomic E-state index is 13.7. The van der Waals surface area contributed by atoms with Crippen molar-refractivity contribution in [2.45, 2.75) is 25.9 Å². The molecule has 2 atom stereocenters. The first-order chi connectivity index (χ1) is 10.5. The van der Waals surface area contributed by atoms with Crippen LogP contribution in [0.1, 0.15) is 18.9 Å². The minimum Gasteiger partial charge on any atom is -0.356 e. The van der Waals surface area contributed by atoms with Gasteiger partial charge < -0.3 is 16.0 Å². The second-order valence-electron chi connectivity index (χ2n) is 5.43. The van der Waals surface area contributed by atoms with Gasteiger partial charge in [0.05, 0.1) is 11.1 Å². The van der Waals surface area contributed by atoms with Crippen LogP contribution in [0.3, 0.4) is 0 Å². The molecule has 0 saturated carbocycles. The molecular formula is C15H19ClFN3O2. The summed E-state index contributed by atoms with van der Waals surface area (Å²) in [6.07, 6.45) is 0.643. The summed E-state index contributed by atoms with van der Waals surface area (Å²) in [5, 5.41) is 8.60. The Morgan fingerprint density at radius 2 is 2.18 bits per heavy atom. The predicted octanol–water partition coefficient (Wildman–Crippen LogP) is 1.21. The van der Waals surface area contributed by atoms with E-state index < -0.39 is 5.82 Å². The summed E-state index contributed by atoms with van der Waals surface area (Å²) < 4.78 is 13.7. The zero-order chi connectivity index (χ0) is 16.1. The van der Waals surface area contributed by atoms with E-state index in [4.69, 9.17) is 11.6 Å². The third-order valence-electron chi connectivity index (χ3n) is 3.66. The molecule has 2 unspecified atom stereocenters. The molecule has 2 amide bonds. The van der Waals surface area contributed by atoms with Crippen molar-refractivity contribution in [1.82, 2.24) is 16.0 Å². The number of carbonyl (C=O) groups excluding carboxylic acids is 2. The second-order valence-corrected chi connectivity index (χ2v) is 5.84. The van der Waals surface area contributed by atoms with Gasteiger partial charge >= 0.3 is 0 Å². The van der Waals surface area contributed by atoms with Crippen molar-refractivity contribution in [3.8, 4) is 0 Å². The van der Waals surface area contributed by atoms with Gasteiger partial charge in [-0.05, 0) is 18.4 Å². The van der Waals surface area contributed by atoms with Crippen LogP contribution in [0.15, 0.2) is 18.2 Å². The molecule has 0 radical (unpaired) electrons. The first kappa shape index (κ1) is 16.7. The fourth-order valence-electron chi connectivity index (χ4n) is 2.44. The van der Waals surface area contributed by atoms with Gasteiger partial charge in [0, 0.05) is 32.1 Å². The number of hydrogen-bond acceptors (Lipinski definition) is 3. The summed E-state index contributed by atoms with van der Waals surface area (Å²) in [5.74, 6) is -0.538. The van der Waals surface area contributed by atoms with Crippen molar-refractivity contribution in [3.63, 3.8) is 0 Å². The number of amides is 2. The SMILES string of the molecule is CC(=O)NCC1CNC(C(=O)NCc2cccc(Cl)c2F)C1. The molecule has 2 rings (SSSR count). The Labute approximate surface area is 133 Å². The van der Waals surface area contributed by atoms with Crippen LogP contribution in [-0.4, -0.2) is 30.9 Å². The monoisotopic (exact) mass is 327 g/mol. The number of hydrogen-bond donors (Lipinski definition) is 3. The average Bonchev–Trinajstić information content (AvgIpc) is 2.95. The highest BCUT2D eigenvalue weighted by Gasteiger charge is 2.29. The summed E-state index contributed by atoms with van der Waals surface area (Å²) >= 11 is 5.70. The van der Waals surface area contributed by atoms with E-state index in [1.54, 1.807) is 12.1 Å². The number of halogens is 2. The Morgan fingerprint density at radius 1 is 1.41 bits per heavy atom. The van der Waals surface area contributed by atoms with Crippen molar-refractivity contribution < 1.29 is 14.0 Å². The van der Waals surface area contributed by atoms with Crippen LogP contribution in [-0.2, 0) is 16.1 Å². The molecule has 1 aliphatic heterocycles. The standard InChI is InChI=1S/C15H19ClFN3O2/c1-9(21)18-6-10-5-13(19-7-10)15(22)20-8-11-3-2-4-12(16)14(11)17/h2-4,10,13,19H,5-8H2,1H3,(H,18,21)(H,20,22). The summed E-state index contributed by atoms with van der Waals surface area (Å²) in [5.41, 5.74) is 0.355. The number of benzene rings is 1.